The summed E-state index contributed by atoms with van der Waals surface area (Å²) in [7, 11) is 0. The van der Waals surface area contributed by atoms with Gasteiger partial charge in [-0.3, -0.25) is 0 Å². The minimum absolute atomic E-state index is 0.518. The van der Waals surface area contributed by atoms with Crippen molar-refractivity contribution in [2.75, 3.05) is 13.1 Å². The summed E-state index contributed by atoms with van der Waals surface area (Å²) in [6.45, 7) is 13.9. The fourth-order valence-corrected chi connectivity index (χ4v) is 1.85. The second-order valence-corrected chi connectivity index (χ2v) is 5.65. The molecule has 1 nitrogen and oxygen atoms in total. The van der Waals surface area contributed by atoms with Crippen LogP contribution >= 0.6 is 0 Å². The van der Waals surface area contributed by atoms with Crippen molar-refractivity contribution in [3.05, 3.63) is 0 Å². The van der Waals surface area contributed by atoms with E-state index < -0.39 is 0 Å². The fraction of sp³-hybridized carbons (Fsp3) is 1.00. The molecule has 0 saturated heterocycles. The number of nitrogens with one attached hydrogen (secondary N) is 1. The van der Waals surface area contributed by atoms with Gasteiger partial charge in [0.05, 0.1) is 0 Å². The number of hydrogen-bond acceptors (Lipinski definition) is 1. The summed E-state index contributed by atoms with van der Waals surface area (Å²) in [6.07, 6.45) is 6.79. The molecule has 0 aromatic rings. The van der Waals surface area contributed by atoms with E-state index in [1.165, 1.54) is 38.6 Å². The van der Waals surface area contributed by atoms with Gasteiger partial charge in [-0.25, -0.2) is 0 Å². The maximum atomic E-state index is 3.60. The Balaban J connectivity index is 3.74. The molecule has 0 aliphatic heterocycles. The van der Waals surface area contributed by atoms with E-state index in [0.29, 0.717) is 5.41 Å². The van der Waals surface area contributed by atoms with Gasteiger partial charge in [-0.2, -0.15) is 0 Å². The van der Waals surface area contributed by atoms with Crippen LogP contribution in [-0.4, -0.2) is 13.1 Å². The molecule has 1 unspecified atom stereocenters. The molecular weight excluding hydrogens is 182 g/mol. The molecular formula is C14H31N. The van der Waals surface area contributed by atoms with Crippen molar-refractivity contribution in [2.24, 2.45) is 11.3 Å². The summed E-state index contributed by atoms with van der Waals surface area (Å²) < 4.78 is 0. The van der Waals surface area contributed by atoms with Crippen LogP contribution in [0.1, 0.15) is 66.7 Å². The highest BCUT2D eigenvalue weighted by atomic mass is 14.9. The third kappa shape index (κ3) is 7.84. The molecule has 0 aromatic heterocycles. The van der Waals surface area contributed by atoms with E-state index in [2.05, 4.69) is 39.9 Å². The van der Waals surface area contributed by atoms with Gasteiger partial charge in [0.25, 0.3) is 0 Å². The third-order valence-electron chi connectivity index (χ3n) is 3.34. The minimum atomic E-state index is 0.518. The lowest BCUT2D eigenvalue weighted by atomic mass is 9.82. The SMILES string of the molecule is CCCCCC(C)(CC)CNCC(C)C. The van der Waals surface area contributed by atoms with Crippen molar-refractivity contribution in [1.29, 1.82) is 0 Å². The molecule has 1 heteroatoms. The van der Waals surface area contributed by atoms with Gasteiger partial charge in [0.2, 0.25) is 0 Å². The maximum absolute atomic E-state index is 3.60. The summed E-state index contributed by atoms with van der Waals surface area (Å²) in [5, 5.41) is 3.60. The Morgan fingerprint density at radius 2 is 1.80 bits per heavy atom. The normalized spacial score (nSPS) is 15.6. The van der Waals surface area contributed by atoms with Crippen LogP contribution in [0.2, 0.25) is 0 Å². The first-order valence-electron chi connectivity index (χ1n) is 6.74. The molecule has 0 spiro atoms. The number of unbranched alkanes of at least 4 members (excludes halogenated alkanes) is 2. The van der Waals surface area contributed by atoms with Crippen LogP contribution in [0.15, 0.2) is 0 Å². The summed E-state index contributed by atoms with van der Waals surface area (Å²) in [6, 6.07) is 0. The zero-order chi connectivity index (χ0) is 11.7. The average Bonchev–Trinajstić information content (AvgIpc) is 2.18. The quantitative estimate of drug-likeness (QED) is 0.565. The zero-order valence-corrected chi connectivity index (χ0v) is 11.5. The summed E-state index contributed by atoms with van der Waals surface area (Å²) in [4.78, 5) is 0. The van der Waals surface area contributed by atoms with Crippen LogP contribution < -0.4 is 5.32 Å². The Hall–Kier alpha value is -0.0400. The van der Waals surface area contributed by atoms with Gasteiger partial charge in [0.15, 0.2) is 0 Å². The zero-order valence-electron chi connectivity index (χ0n) is 11.5. The summed E-state index contributed by atoms with van der Waals surface area (Å²) in [5.74, 6) is 0.766. The molecule has 0 radical (unpaired) electrons. The molecule has 1 N–H and O–H groups in total. The molecule has 0 heterocycles. The van der Waals surface area contributed by atoms with Crippen LogP contribution in [0.3, 0.4) is 0 Å². The monoisotopic (exact) mass is 213 g/mol. The Kier molecular flexibility index (Phi) is 8.13. The van der Waals surface area contributed by atoms with Gasteiger partial charge in [-0.05, 0) is 30.7 Å². The highest BCUT2D eigenvalue weighted by Crippen LogP contribution is 2.27. The van der Waals surface area contributed by atoms with Gasteiger partial charge in [0.1, 0.15) is 0 Å². The van der Waals surface area contributed by atoms with Crippen molar-refractivity contribution < 1.29 is 0 Å². The van der Waals surface area contributed by atoms with Gasteiger partial charge in [-0.15, -0.1) is 0 Å². The van der Waals surface area contributed by atoms with Crippen LogP contribution in [0.4, 0.5) is 0 Å². The molecule has 0 aliphatic rings. The lowest BCUT2D eigenvalue weighted by molar-refractivity contribution is 0.256. The lowest BCUT2D eigenvalue weighted by Crippen LogP contribution is -2.33. The smallest absolute Gasteiger partial charge is 0.000517 e. The number of hydrogen-bond donors (Lipinski definition) is 1. The lowest BCUT2D eigenvalue weighted by Gasteiger charge is -2.29. The summed E-state index contributed by atoms with van der Waals surface area (Å²) >= 11 is 0. The third-order valence-corrected chi connectivity index (χ3v) is 3.34. The van der Waals surface area contributed by atoms with Crippen molar-refractivity contribution in [2.45, 2.75) is 66.7 Å². The second kappa shape index (κ2) is 8.15. The first kappa shape index (κ1) is 15.0. The highest BCUT2D eigenvalue weighted by Gasteiger charge is 2.20. The van der Waals surface area contributed by atoms with E-state index >= 15 is 0 Å². The van der Waals surface area contributed by atoms with Gasteiger partial charge in [-0.1, -0.05) is 53.9 Å². The average molecular weight is 213 g/mol. The Morgan fingerprint density at radius 3 is 2.27 bits per heavy atom. The van der Waals surface area contributed by atoms with Crippen LogP contribution in [-0.2, 0) is 0 Å². The van der Waals surface area contributed by atoms with E-state index in [1.807, 2.05) is 0 Å². The molecule has 0 amide bonds. The maximum Gasteiger partial charge on any atom is 0.000517 e. The van der Waals surface area contributed by atoms with E-state index in [0.717, 1.165) is 12.5 Å². The topological polar surface area (TPSA) is 12.0 Å². The minimum Gasteiger partial charge on any atom is -0.316 e. The molecule has 92 valence electrons. The first-order chi connectivity index (χ1) is 7.04. The standard InChI is InChI=1S/C14H31N/c1-6-8-9-10-14(5,7-2)12-15-11-13(3)4/h13,15H,6-12H2,1-5H3. The Bertz CT molecular complexity index is 142. The molecule has 0 aliphatic carbocycles. The van der Waals surface area contributed by atoms with Crippen LogP contribution in [0.25, 0.3) is 0 Å². The Labute approximate surface area is 97.0 Å². The number of rotatable bonds is 9. The van der Waals surface area contributed by atoms with Gasteiger partial charge in [0, 0.05) is 6.54 Å². The van der Waals surface area contributed by atoms with Crippen molar-refractivity contribution in [3.63, 3.8) is 0 Å². The largest absolute Gasteiger partial charge is 0.316 e. The molecule has 1 atom stereocenters. The van der Waals surface area contributed by atoms with Crippen LogP contribution in [0, 0.1) is 11.3 Å². The highest BCUT2D eigenvalue weighted by molar-refractivity contribution is 4.75. The van der Waals surface area contributed by atoms with E-state index in [-0.39, 0.29) is 0 Å². The van der Waals surface area contributed by atoms with E-state index in [4.69, 9.17) is 0 Å². The molecule has 15 heavy (non-hydrogen) atoms. The molecule has 0 saturated carbocycles. The molecule has 0 rings (SSSR count). The predicted octanol–water partition coefficient (Wildman–Crippen LogP) is 4.23. The molecule has 0 aromatic carbocycles. The van der Waals surface area contributed by atoms with E-state index in [1.54, 1.807) is 0 Å². The van der Waals surface area contributed by atoms with Crippen molar-refractivity contribution in [3.8, 4) is 0 Å². The van der Waals surface area contributed by atoms with Crippen molar-refractivity contribution in [1.82, 2.24) is 5.32 Å². The second-order valence-electron chi connectivity index (χ2n) is 5.65. The van der Waals surface area contributed by atoms with E-state index in [9.17, 15) is 0 Å². The first-order valence-corrected chi connectivity index (χ1v) is 6.74. The predicted molar refractivity (Wildman–Crippen MR) is 70.2 cm³/mol. The molecule has 0 fully saturated rings. The van der Waals surface area contributed by atoms with Gasteiger partial charge >= 0.3 is 0 Å². The van der Waals surface area contributed by atoms with Crippen molar-refractivity contribution >= 4 is 0 Å². The van der Waals surface area contributed by atoms with Gasteiger partial charge < -0.3 is 5.32 Å². The molecule has 0 bridgehead atoms. The van der Waals surface area contributed by atoms with Crippen LogP contribution in [0.5, 0.6) is 0 Å². The Morgan fingerprint density at radius 1 is 1.13 bits per heavy atom. The fourth-order valence-electron chi connectivity index (χ4n) is 1.85. The summed E-state index contributed by atoms with van der Waals surface area (Å²) in [5.41, 5.74) is 0.518.